The van der Waals surface area contributed by atoms with Crippen molar-refractivity contribution in [3.8, 4) is 5.75 Å². The van der Waals surface area contributed by atoms with E-state index in [-0.39, 0.29) is 10.9 Å². The number of sulfonamides is 1. The fraction of sp³-hybridized carbons (Fsp3) is 0.368. The first-order chi connectivity index (χ1) is 11.7. The maximum atomic E-state index is 12.6. The van der Waals surface area contributed by atoms with E-state index in [0.717, 1.165) is 27.8 Å². The van der Waals surface area contributed by atoms with E-state index in [1.165, 1.54) is 12.1 Å². The van der Waals surface area contributed by atoms with E-state index in [4.69, 9.17) is 11.6 Å². The first-order valence-corrected chi connectivity index (χ1v) is 10.1. The molecule has 1 aliphatic carbocycles. The lowest BCUT2D eigenvalue weighted by molar-refractivity contribution is 0.445. The Morgan fingerprint density at radius 1 is 1.04 bits per heavy atom. The van der Waals surface area contributed by atoms with Gasteiger partial charge >= 0.3 is 0 Å². The zero-order valence-corrected chi connectivity index (χ0v) is 16.1. The summed E-state index contributed by atoms with van der Waals surface area (Å²) in [5.41, 5.74) is 5.15. The van der Waals surface area contributed by atoms with Gasteiger partial charge in [0.1, 0.15) is 5.75 Å². The highest BCUT2D eigenvalue weighted by molar-refractivity contribution is 7.89. The molecule has 0 saturated carbocycles. The fourth-order valence-corrected chi connectivity index (χ4v) is 4.89. The normalized spacial score (nSPS) is 17.4. The molecular formula is C19H22ClNO3S. The number of fused-ring (bicyclic) bond motifs is 1. The van der Waals surface area contributed by atoms with Crippen LogP contribution >= 0.6 is 11.6 Å². The van der Waals surface area contributed by atoms with Gasteiger partial charge in [-0.25, -0.2) is 13.1 Å². The Morgan fingerprint density at radius 3 is 2.32 bits per heavy atom. The van der Waals surface area contributed by atoms with Crippen molar-refractivity contribution in [1.82, 2.24) is 4.72 Å². The Balaban J connectivity index is 1.87. The summed E-state index contributed by atoms with van der Waals surface area (Å²) >= 11 is 5.83. The third-order valence-electron chi connectivity index (χ3n) is 5.22. The van der Waals surface area contributed by atoms with Gasteiger partial charge in [0, 0.05) is 11.1 Å². The Bertz CT molecular complexity index is 921. The Hall–Kier alpha value is -1.56. The SMILES string of the molecule is Cc1c(C)c(O)c2c(c1C)CC(NS(=O)(=O)c1ccc(Cl)cc1)CC2. The number of phenols is 1. The van der Waals surface area contributed by atoms with Gasteiger partial charge in [0.2, 0.25) is 10.0 Å². The van der Waals surface area contributed by atoms with Gasteiger partial charge in [0.05, 0.1) is 4.90 Å². The molecule has 0 amide bonds. The van der Waals surface area contributed by atoms with Crippen LogP contribution in [0.25, 0.3) is 0 Å². The summed E-state index contributed by atoms with van der Waals surface area (Å²) in [5.74, 6) is 0.358. The molecule has 2 aromatic rings. The number of nitrogens with one attached hydrogen (secondary N) is 1. The Morgan fingerprint density at radius 2 is 1.68 bits per heavy atom. The van der Waals surface area contributed by atoms with Crippen LogP contribution in [-0.2, 0) is 22.9 Å². The molecule has 6 heteroatoms. The maximum Gasteiger partial charge on any atom is 0.240 e. The predicted molar refractivity (Wildman–Crippen MR) is 99.9 cm³/mol. The molecule has 1 unspecified atom stereocenters. The van der Waals surface area contributed by atoms with Crippen molar-refractivity contribution in [1.29, 1.82) is 0 Å². The number of hydrogen-bond acceptors (Lipinski definition) is 3. The van der Waals surface area contributed by atoms with Crippen molar-refractivity contribution in [3.63, 3.8) is 0 Å². The number of halogens is 1. The smallest absolute Gasteiger partial charge is 0.240 e. The molecule has 134 valence electrons. The summed E-state index contributed by atoms with van der Waals surface area (Å²) in [4.78, 5) is 0.211. The topological polar surface area (TPSA) is 66.4 Å². The minimum Gasteiger partial charge on any atom is -0.507 e. The summed E-state index contributed by atoms with van der Waals surface area (Å²) in [6.45, 7) is 5.95. The molecule has 2 aromatic carbocycles. The van der Waals surface area contributed by atoms with Crippen molar-refractivity contribution in [2.24, 2.45) is 0 Å². The van der Waals surface area contributed by atoms with E-state index >= 15 is 0 Å². The highest BCUT2D eigenvalue weighted by Gasteiger charge is 2.28. The number of benzene rings is 2. The van der Waals surface area contributed by atoms with Crippen LogP contribution in [0.2, 0.25) is 5.02 Å². The van der Waals surface area contributed by atoms with E-state index in [1.54, 1.807) is 12.1 Å². The lowest BCUT2D eigenvalue weighted by Gasteiger charge is -2.29. The second-order valence-corrected chi connectivity index (χ2v) is 8.85. The van der Waals surface area contributed by atoms with Gasteiger partial charge in [-0.2, -0.15) is 0 Å². The third kappa shape index (κ3) is 3.41. The quantitative estimate of drug-likeness (QED) is 0.852. The molecule has 0 fully saturated rings. The molecule has 25 heavy (non-hydrogen) atoms. The summed E-state index contributed by atoms with van der Waals surface area (Å²) in [6, 6.07) is 5.97. The van der Waals surface area contributed by atoms with Crippen molar-refractivity contribution in [2.45, 2.75) is 51.0 Å². The zero-order valence-electron chi connectivity index (χ0n) is 14.6. The highest BCUT2D eigenvalue weighted by Crippen LogP contribution is 2.37. The van der Waals surface area contributed by atoms with E-state index in [1.807, 2.05) is 20.8 Å². The number of rotatable bonds is 3. The lowest BCUT2D eigenvalue weighted by Crippen LogP contribution is -2.39. The molecule has 3 rings (SSSR count). The average molecular weight is 380 g/mol. The van der Waals surface area contributed by atoms with Crippen molar-refractivity contribution in [3.05, 3.63) is 57.1 Å². The number of phenolic OH excluding ortho intramolecular Hbond substituents is 1. The van der Waals surface area contributed by atoms with Gasteiger partial charge in [-0.15, -0.1) is 0 Å². The van der Waals surface area contributed by atoms with Crippen LogP contribution in [0.15, 0.2) is 29.2 Å². The van der Waals surface area contributed by atoms with Gasteiger partial charge < -0.3 is 5.11 Å². The van der Waals surface area contributed by atoms with Crippen LogP contribution in [-0.4, -0.2) is 19.6 Å². The minimum atomic E-state index is -3.59. The minimum absolute atomic E-state index is 0.187. The number of aromatic hydroxyl groups is 1. The summed E-state index contributed by atoms with van der Waals surface area (Å²) in [5, 5.41) is 10.9. The molecule has 0 aromatic heterocycles. The zero-order chi connectivity index (χ0) is 18.4. The molecule has 1 aliphatic rings. The monoisotopic (exact) mass is 379 g/mol. The summed E-state index contributed by atoms with van der Waals surface area (Å²) in [7, 11) is -3.59. The van der Waals surface area contributed by atoms with Crippen LogP contribution in [0, 0.1) is 20.8 Å². The largest absolute Gasteiger partial charge is 0.507 e. The molecule has 2 N–H and O–H groups in total. The van der Waals surface area contributed by atoms with Crippen molar-refractivity contribution < 1.29 is 13.5 Å². The van der Waals surface area contributed by atoms with Crippen LogP contribution in [0.1, 0.15) is 34.2 Å². The summed E-state index contributed by atoms with van der Waals surface area (Å²) in [6.07, 6.45) is 1.91. The van der Waals surface area contributed by atoms with Crippen LogP contribution < -0.4 is 4.72 Å². The third-order valence-corrected chi connectivity index (χ3v) is 7.01. The molecule has 0 radical (unpaired) electrons. The van der Waals surface area contributed by atoms with E-state index < -0.39 is 10.0 Å². The molecule has 0 saturated heterocycles. The molecule has 0 heterocycles. The second kappa shape index (κ2) is 6.63. The van der Waals surface area contributed by atoms with Gasteiger partial charge in [0.15, 0.2) is 0 Å². The number of hydrogen-bond donors (Lipinski definition) is 2. The van der Waals surface area contributed by atoms with E-state index in [2.05, 4.69) is 4.72 Å². The van der Waals surface area contributed by atoms with E-state index in [0.29, 0.717) is 30.0 Å². The molecule has 0 spiro atoms. The van der Waals surface area contributed by atoms with E-state index in [9.17, 15) is 13.5 Å². The van der Waals surface area contributed by atoms with Crippen molar-refractivity contribution >= 4 is 21.6 Å². The van der Waals surface area contributed by atoms with Crippen LogP contribution in [0.5, 0.6) is 5.75 Å². The first kappa shape index (κ1) is 18.2. The van der Waals surface area contributed by atoms with Crippen LogP contribution in [0.3, 0.4) is 0 Å². The van der Waals surface area contributed by atoms with Crippen LogP contribution in [0.4, 0.5) is 0 Å². The van der Waals surface area contributed by atoms with Crippen molar-refractivity contribution in [2.75, 3.05) is 0 Å². The molecule has 0 aliphatic heterocycles. The van der Waals surface area contributed by atoms with Gasteiger partial charge in [0.25, 0.3) is 0 Å². The second-order valence-electron chi connectivity index (χ2n) is 6.70. The Labute approximate surface area is 153 Å². The molecule has 0 bridgehead atoms. The summed E-state index contributed by atoms with van der Waals surface area (Å²) < 4.78 is 28.0. The maximum absolute atomic E-state index is 12.6. The van der Waals surface area contributed by atoms with Gasteiger partial charge in [-0.3, -0.25) is 0 Å². The molecule has 4 nitrogen and oxygen atoms in total. The van der Waals surface area contributed by atoms with Gasteiger partial charge in [-0.05, 0) is 92.1 Å². The highest BCUT2D eigenvalue weighted by atomic mass is 35.5. The predicted octanol–water partition coefficient (Wildman–Crippen LogP) is 3.81. The standard InChI is InChI=1S/C19H22ClNO3S/c1-11-12(2)18-10-15(6-9-17(18)19(22)13(11)3)21-25(23,24)16-7-4-14(20)5-8-16/h4-5,7-8,15,21-22H,6,9-10H2,1-3H3. The first-order valence-electron chi connectivity index (χ1n) is 8.29. The fourth-order valence-electron chi connectivity index (χ4n) is 3.50. The molecule has 1 atom stereocenters. The molecular weight excluding hydrogens is 358 g/mol. The van der Waals surface area contributed by atoms with Gasteiger partial charge in [-0.1, -0.05) is 11.6 Å². The average Bonchev–Trinajstić information content (AvgIpc) is 2.58. The lowest BCUT2D eigenvalue weighted by atomic mass is 9.82. The Kier molecular flexibility index (Phi) is 4.84.